The molecule has 44 heavy (non-hydrogen) atoms. The maximum atomic E-state index is 6.02. The van der Waals surface area contributed by atoms with Crippen molar-refractivity contribution in [2.24, 2.45) is 0 Å². The molecule has 0 saturated carbocycles. The van der Waals surface area contributed by atoms with Gasteiger partial charge in [0.15, 0.2) is 0 Å². The van der Waals surface area contributed by atoms with Crippen molar-refractivity contribution in [2.75, 3.05) is 21.3 Å². The number of halogens is 3. The largest absolute Gasteiger partial charge is 4.00 e. The number of hydrogen-bond acceptors (Lipinski definition) is 3. The van der Waals surface area contributed by atoms with Crippen molar-refractivity contribution in [3.05, 3.63) is 92.0 Å². The average Bonchev–Trinajstić information content (AvgIpc) is 3.11. The van der Waals surface area contributed by atoms with E-state index < -0.39 is 8.07 Å². The number of hydrogen-bond donors (Lipinski definition) is 0. The number of methoxy groups -OCH3 is 3. The van der Waals surface area contributed by atoms with E-state index in [0.29, 0.717) is 0 Å². The molecule has 0 radical (unpaired) electrons. The summed E-state index contributed by atoms with van der Waals surface area (Å²) in [4.78, 5) is 0. The fourth-order valence-corrected chi connectivity index (χ4v) is 14.5. The minimum atomic E-state index is -3.05. The quantitative estimate of drug-likeness (QED) is 0.116. The third-order valence-corrected chi connectivity index (χ3v) is 15.5. The summed E-state index contributed by atoms with van der Waals surface area (Å²) in [6.45, 7) is 22.7. The van der Waals surface area contributed by atoms with Gasteiger partial charge in [-0.2, -0.15) is 22.3 Å². The molecule has 0 unspecified atom stereocenters. The first-order chi connectivity index (χ1) is 18.9. The summed E-state index contributed by atoms with van der Waals surface area (Å²) in [6, 6.07) is 13.1. The molecule has 0 bridgehead atoms. The van der Waals surface area contributed by atoms with E-state index in [1.807, 2.05) is 0 Å². The fourth-order valence-electron chi connectivity index (χ4n) is 7.41. The zero-order valence-corrected chi connectivity index (χ0v) is 33.2. The summed E-state index contributed by atoms with van der Waals surface area (Å²) in [7, 11) is 2.29. The van der Waals surface area contributed by atoms with Crippen LogP contribution in [0.4, 0.5) is 0 Å². The van der Waals surface area contributed by atoms with Crippen molar-refractivity contribution in [2.45, 2.75) is 69.2 Å². The number of aryl methyl sites for hydroxylation is 3. The van der Waals surface area contributed by atoms with Gasteiger partial charge in [-0.1, -0.05) is 62.6 Å². The van der Waals surface area contributed by atoms with Gasteiger partial charge in [0.2, 0.25) is 0 Å². The van der Waals surface area contributed by atoms with Crippen molar-refractivity contribution in [1.82, 2.24) is 0 Å². The molecule has 0 atom stereocenters. The first kappa shape index (κ1) is 42.2. The van der Waals surface area contributed by atoms with Crippen LogP contribution in [0.5, 0.6) is 17.2 Å². The standard InChI is InChI=1S/C36H45O3Si.3ClH.Ti/c1-20-14-17-30(37-11)27(8)33(20)40(36-25(6)23(4)24(5)26(36)7,34-21(2)15-18-31(38-12)28(34)9)35-22(3)16-19-32(39-13)29(35)10;;;;/h14-19H,1-13H3;3*1H;/q-1;;;;+4/p-3. The van der Waals surface area contributed by atoms with Crippen molar-refractivity contribution >= 4 is 28.8 Å². The molecule has 0 saturated heterocycles. The molecule has 0 fully saturated rings. The van der Waals surface area contributed by atoms with Gasteiger partial charge in [-0.15, -0.1) is 5.19 Å². The van der Waals surface area contributed by atoms with Gasteiger partial charge >= 0.3 is 21.7 Å². The molecule has 236 valence electrons. The molecule has 0 heterocycles. The zero-order chi connectivity index (χ0) is 29.7. The van der Waals surface area contributed by atoms with E-state index in [4.69, 9.17) is 14.2 Å². The van der Waals surface area contributed by atoms with E-state index in [1.54, 1.807) is 21.3 Å². The zero-order valence-electron chi connectivity index (χ0n) is 28.3. The monoisotopic (exact) mass is 706 g/mol. The van der Waals surface area contributed by atoms with Crippen LogP contribution in [0.25, 0.3) is 0 Å². The third-order valence-electron chi connectivity index (χ3n) is 9.47. The Morgan fingerprint density at radius 2 is 0.682 bits per heavy atom. The normalized spacial score (nSPS) is 10.6. The molecule has 0 aliphatic rings. The molecule has 0 N–H and O–H groups in total. The van der Waals surface area contributed by atoms with Crippen LogP contribution in [-0.4, -0.2) is 29.4 Å². The summed E-state index contributed by atoms with van der Waals surface area (Å²) in [5, 5.41) is 5.65. The molecule has 0 aliphatic heterocycles. The van der Waals surface area contributed by atoms with Gasteiger partial charge < -0.3 is 51.4 Å². The van der Waals surface area contributed by atoms with Crippen molar-refractivity contribution in [3.63, 3.8) is 0 Å². The minimum absolute atomic E-state index is 0. The number of rotatable bonds is 7. The van der Waals surface area contributed by atoms with Gasteiger partial charge in [-0.25, -0.2) is 0 Å². The molecule has 4 aromatic rings. The summed E-state index contributed by atoms with van der Waals surface area (Å²) < 4.78 is 18.0. The predicted molar refractivity (Wildman–Crippen MR) is 173 cm³/mol. The molecule has 4 aromatic carbocycles. The summed E-state index contributed by atoms with van der Waals surface area (Å²) >= 11 is 0. The smallest absolute Gasteiger partial charge is 1.00 e. The van der Waals surface area contributed by atoms with E-state index >= 15 is 0 Å². The van der Waals surface area contributed by atoms with Gasteiger partial charge in [0, 0.05) is 0 Å². The van der Waals surface area contributed by atoms with Crippen molar-refractivity contribution in [1.29, 1.82) is 0 Å². The minimum Gasteiger partial charge on any atom is -1.00 e. The van der Waals surface area contributed by atoms with Crippen LogP contribution in [0.1, 0.15) is 55.6 Å². The second kappa shape index (κ2) is 16.2. The molecular weight excluding hydrogens is 663 g/mol. The molecule has 0 spiro atoms. The average molecular weight is 708 g/mol. The van der Waals surface area contributed by atoms with E-state index in [9.17, 15) is 0 Å². The Kier molecular flexibility index (Phi) is 15.5. The Labute approximate surface area is 300 Å². The maximum Gasteiger partial charge on any atom is 4.00 e. The summed E-state index contributed by atoms with van der Waals surface area (Å²) in [5.74, 6) is 2.76. The van der Waals surface area contributed by atoms with Gasteiger partial charge in [0.25, 0.3) is 0 Å². The summed E-state index contributed by atoms with van der Waals surface area (Å²) in [6.07, 6.45) is 0. The summed E-state index contributed by atoms with van der Waals surface area (Å²) in [5.41, 5.74) is 13.0. The molecule has 0 aliphatic carbocycles. The molecule has 3 nitrogen and oxygen atoms in total. The van der Waals surface area contributed by atoms with Crippen LogP contribution in [0.15, 0.2) is 36.4 Å². The van der Waals surface area contributed by atoms with Gasteiger partial charge in [0.05, 0.1) is 21.3 Å². The van der Waals surface area contributed by atoms with E-state index in [2.05, 4.69) is 106 Å². The molecule has 0 amide bonds. The van der Waals surface area contributed by atoms with Crippen LogP contribution >= 0.6 is 0 Å². The fraction of sp³-hybridized carbons (Fsp3) is 0.361. The number of benzene rings is 3. The van der Waals surface area contributed by atoms with Crippen LogP contribution in [0.3, 0.4) is 0 Å². The Hall–Kier alpha value is -1.79. The molecular formula is C36H45Cl3O3SiTi. The van der Waals surface area contributed by atoms with Crippen LogP contribution < -0.4 is 72.2 Å². The molecule has 0 aromatic heterocycles. The Bertz CT molecular complexity index is 1460. The van der Waals surface area contributed by atoms with Crippen LogP contribution in [-0.2, 0) is 21.7 Å². The van der Waals surface area contributed by atoms with E-state index in [-0.39, 0.29) is 58.9 Å². The second-order valence-corrected chi connectivity index (χ2v) is 14.9. The topological polar surface area (TPSA) is 27.7 Å². The van der Waals surface area contributed by atoms with Crippen molar-refractivity contribution < 1.29 is 73.1 Å². The van der Waals surface area contributed by atoms with Crippen molar-refractivity contribution in [3.8, 4) is 17.2 Å². The van der Waals surface area contributed by atoms with Crippen LogP contribution in [0, 0.1) is 69.2 Å². The van der Waals surface area contributed by atoms with Gasteiger partial charge in [-0.3, -0.25) is 0 Å². The maximum absolute atomic E-state index is 6.02. The first-order valence-corrected chi connectivity index (χ1v) is 16.1. The first-order valence-electron chi connectivity index (χ1n) is 14.1. The Morgan fingerprint density at radius 1 is 0.432 bits per heavy atom. The number of ether oxygens (including phenoxy) is 3. The van der Waals surface area contributed by atoms with E-state index in [1.165, 1.54) is 76.4 Å². The van der Waals surface area contributed by atoms with E-state index in [0.717, 1.165) is 17.2 Å². The second-order valence-electron chi connectivity index (χ2n) is 11.4. The Morgan fingerprint density at radius 3 is 0.909 bits per heavy atom. The predicted octanol–water partition coefficient (Wildman–Crippen LogP) is -3.10. The molecule has 4 rings (SSSR count). The van der Waals surface area contributed by atoms with Gasteiger partial charge in [0.1, 0.15) is 25.3 Å². The Balaban J connectivity index is 0.00000462. The van der Waals surface area contributed by atoms with Crippen LogP contribution in [0.2, 0.25) is 0 Å². The molecule has 8 heteroatoms. The third kappa shape index (κ3) is 6.28. The van der Waals surface area contributed by atoms with Gasteiger partial charge in [-0.05, 0) is 92.0 Å². The SMILES string of the molecule is COc1ccc(C)c([Si](c2c(C)ccc(OC)c2C)(c2c(C)ccc(OC)c2C)[c-]2c(C)c(C)c(C)c2C)c1C.[Cl-].[Cl-].[Cl-].[Ti+4].